The highest BCUT2D eigenvalue weighted by atomic mass is 19.1. The Morgan fingerprint density at radius 3 is 2.54 bits per heavy atom. The molecule has 0 radical (unpaired) electrons. The summed E-state index contributed by atoms with van der Waals surface area (Å²) < 4.78 is 25.9. The largest absolute Gasteiger partial charge is 0.423 e. The number of carbonyl (C=O) groups is 3. The Labute approximate surface area is 235 Å². The molecule has 2 aromatic carbocycles. The number of carbonyl (C=O) groups excluding carboxylic acids is 3. The molecule has 12 heteroatoms. The second kappa shape index (κ2) is 10.9. The predicted octanol–water partition coefficient (Wildman–Crippen LogP) is 2.01. The lowest BCUT2D eigenvalue weighted by Crippen LogP contribution is -2.51. The molecule has 2 atom stereocenters. The van der Waals surface area contributed by atoms with Gasteiger partial charge in [0.05, 0.1) is 18.9 Å². The maximum atomic E-state index is 14.3. The number of nitrogens with two attached hydrogens (primary N) is 1. The summed E-state index contributed by atoms with van der Waals surface area (Å²) in [5.41, 5.74) is 8.36. The Balaban J connectivity index is 0.00000148. The molecule has 4 aliphatic heterocycles. The van der Waals surface area contributed by atoms with Gasteiger partial charge in [0.15, 0.2) is 5.58 Å². The zero-order valence-corrected chi connectivity index (χ0v) is 22.7. The van der Waals surface area contributed by atoms with Crippen molar-refractivity contribution in [2.45, 2.75) is 18.4 Å². The number of aromatic nitrogens is 1. The lowest BCUT2D eigenvalue weighted by molar-refractivity contribution is -0.140. The van der Waals surface area contributed by atoms with E-state index in [2.05, 4.69) is 20.5 Å². The van der Waals surface area contributed by atoms with Gasteiger partial charge >= 0.3 is 0 Å². The number of rotatable bonds is 4. The Morgan fingerprint density at radius 2 is 1.78 bits per heavy atom. The topological polar surface area (TPSA) is 125 Å². The van der Waals surface area contributed by atoms with E-state index in [4.69, 9.17) is 9.15 Å². The lowest BCUT2D eigenvalue weighted by atomic mass is 9.88. The number of hydrogen-bond acceptors (Lipinski definition) is 9. The van der Waals surface area contributed by atoms with E-state index in [1.165, 1.54) is 19.2 Å². The number of imide groups is 1. The van der Waals surface area contributed by atoms with Gasteiger partial charge in [-0.1, -0.05) is 6.07 Å². The van der Waals surface area contributed by atoms with E-state index in [-0.39, 0.29) is 18.5 Å². The first-order valence-electron chi connectivity index (χ1n) is 13.7. The molecule has 2 saturated heterocycles. The van der Waals surface area contributed by atoms with Crippen LogP contribution >= 0.6 is 0 Å². The zero-order valence-electron chi connectivity index (χ0n) is 22.7. The van der Waals surface area contributed by atoms with E-state index in [0.29, 0.717) is 50.0 Å². The van der Waals surface area contributed by atoms with Gasteiger partial charge in [-0.25, -0.2) is 4.39 Å². The summed E-state index contributed by atoms with van der Waals surface area (Å²) >= 11 is 0. The van der Waals surface area contributed by atoms with Gasteiger partial charge in [0.25, 0.3) is 17.8 Å². The van der Waals surface area contributed by atoms with Gasteiger partial charge in [0, 0.05) is 62.0 Å². The molecule has 11 nitrogen and oxygen atoms in total. The van der Waals surface area contributed by atoms with Gasteiger partial charge in [0.2, 0.25) is 5.91 Å². The molecule has 4 aliphatic rings. The van der Waals surface area contributed by atoms with Gasteiger partial charge in [-0.15, -0.1) is 0 Å². The third kappa shape index (κ3) is 4.82. The quantitative estimate of drug-likeness (QED) is 0.476. The fraction of sp³-hybridized carbons (Fsp3) is 0.379. The predicted molar refractivity (Wildman–Crippen MR) is 150 cm³/mol. The Bertz CT molecular complexity index is 1520. The van der Waals surface area contributed by atoms with Crippen molar-refractivity contribution in [1.82, 2.24) is 9.88 Å². The first kappa shape index (κ1) is 26.9. The first-order valence-corrected chi connectivity index (χ1v) is 13.7. The van der Waals surface area contributed by atoms with Crippen LogP contribution in [0.15, 0.2) is 53.0 Å². The molecular formula is C29H31FN6O5. The number of piperidine rings is 1. The molecule has 2 fully saturated rings. The number of anilines is 3. The van der Waals surface area contributed by atoms with Gasteiger partial charge in [0.1, 0.15) is 17.9 Å². The van der Waals surface area contributed by atoms with Gasteiger partial charge in [-0.05, 0) is 43.3 Å². The second-order valence-electron chi connectivity index (χ2n) is 10.2. The molecular weight excluding hydrogens is 531 g/mol. The van der Waals surface area contributed by atoms with Crippen LogP contribution in [0.25, 0.3) is 11.1 Å². The summed E-state index contributed by atoms with van der Waals surface area (Å²) in [7, 11) is 1.50. The van der Waals surface area contributed by atoms with Crippen LogP contribution in [0.1, 0.15) is 17.9 Å². The number of fused-ring (bicyclic) bond motifs is 4. The van der Waals surface area contributed by atoms with Gasteiger partial charge in [-0.2, -0.15) is 4.98 Å². The van der Waals surface area contributed by atoms with E-state index in [9.17, 15) is 18.8 Å². The Hall–Kier alpha value is -4.29. The molecule has 3 aromatic rings. The maximum absolute atomic E-state index is 14.3. The fourth-order valence-corrected chi connectivity index (χ4v) is 6.11. The highest BCUT2D eigenvalue weighted by Gasteiger charge is 2.45. The summed E-state index contributed by atoms with van der Waals surface area (Å²) in [4.78, 5) is 49.0. The van der Waals surface area contributed by atoms with Crippen molar-refractivity contribution >= 4 is 46.2 Å². The number of amides is 3. The molecule has 0 saturated carbocycles. The van der Waals surface area contributed by atoms with Crippen LogP contribution in [0.5, 0.6) is 0 Å². The summed E-state index contributed by atoms with van der Waals surface area (Å²) in [6, 6.07) is 10.9. The number of halogens is 1. The molecule has 2 unspecified atom stereocenters. The molecule has 214 valence electrons. The average Bonchev–Trinajstić information content (AvgIpc) is 3.67. The van der Waals surface area contributed by atoms with Crippen molar-refractivity contribution in [3.8, 4) is 0 Å². The van der Waals surface area contributed by atoms with Crippen molar-refractivity contribution in [1.29, 1.82) is 0 Å². The highest BCUT2D eigenvalue weighted by Crippen LogP contribution is 2.46. The SMILES string of the molecule is CN.O=C1C=CC(=O)N1CC(=O)N1c2cc(F)ccc2C2CN(c3ccc4nc(N5CCOCC5)oc4c3)CCC21. The summed E-state index contributed by atoms with van der Waals surface area (Å²) in [6.07, 6.45) is 2.95. The van der Waals surface area contributed by atoms with Crippen LogP contribution in [0.3, 0.4) is 0 Å². The first-order chi connectivity index (χ1) is 20.0. The van der Waals surface area contributed by atoms with Crippen LogP contribution in [-0.4, -0.2) is 86.6 Å². The number of oxazole rings is 1. The van der Waals surface area contributed by atoms with Crippen molar-refractivity contribution in [3.05, 3.63) is 59.9 Å². The molecule has 7 rings (SSSR count). The van der Waals surface area contributed by atoms with E-state index in [0.717, 1.165) is 46.9 Å². The molecule has 0 aliphatic carbocycles. The van der Waals surface area contributed by atoms with Gasteiger partial charge < -0.3 is 29.6 Å². The molecule has 0 bridgehead atoms. The van der Waals surface area contributed by atoms with Gasteiger partial charge in [-0.3, -0.25) is 19.3 Å². The maximum Gasteiger partial charge on any atom is 0.298 e. The van der Waals surface area contributed by atoms with E-state index >= 15 is 0 Å². The highest BCUT2D eigenvalue weighted by molar-refractivity contribution is 6.15. The molecule has 2 N–H and O–H groups in total. The smallest absolute Gasteiger partial charge is 0.298 e. The van der Waals surface area contributed by atoms with Crippen LogP contribution in [0, 0.1) is 5.82 Å². The van der Waals surface area contributed by atoms with E-state index in [1.54, 1.807) is 11.0 Å². The normalized spacial score (nSPS) is 21.7. The van der Waals surface area contributed by atoms with Crippen LogP contribution in [0.4, 0.5) is 21.8 Å². The monoisotopic (exact) mass is 562 g/mol. The fourth-order valence-electron chi connectivity index (χ4n) is 6.11. The van der Waals surface area contributed by atoms with E-state index in [1.807, 2.05) is 18.2 Å². The Kier molecular flexibility index (Phi) is 7.18. The number of nitrogens with zero attached hydrogens (tertiary/aromatic N) is 5. The van der Waals surface area contributed by atoms with Crippen LogP contribution in [0.2, 0.25) is 0 Å². The van der Waals surface area contributed by atoms with Crippen molar-refractivity contribution in [2.24, 2.45) is 5.73 Å². The minimum atomic E-state index is -0.516. The summed E-state index contributed by atoms with van der Waals surface area (Å²) in [6.45, 7) is 3.68. The van der Waals surface area contributed by atoms with Crippen molar-refractivity contribution in [3.63, 3.8) is 0 Å². The molecule has 1 aromatic heterocycles. The minimum Gasteiger partial charge on any atom is -0.423 e. The zero-order chi connectivity index (χ0) is 28.7. The number of ether oxygens (including phenoxy) is 1. The second-order valence-corrected chi connectivity index (χ2v) is 10.2. The third-order valence-electron chi connectivity index (χ3n) is 8.03. The lowest BCUT2D eigenvalue weighted by Gasteiger charge is -2.39. The van der Waals surface area contributed by atoms with Crippen molar-refractivity contribution in [2.75, 3.05) is 67.7 Å². The number of benzene rings is 2. The molecule has 5 heterocycles. The van der Waals surface area contributed by atoms with Crippen molar-refractivity contribution < 1.29 is 27.9 Å². The number of morpholine rings is 1. The third-order valence-corrected chi connectivity index (χ3v) is 8.03. The molecule has 41 heavy (non-hydrogen) atoms. The van der Waals surface area contributed by atoms with E-state index < -0.39 is 23.5 Å². The summed E-state index contributed by atoms with van der Waals surface area (Å²) in [5.74, 6) is -1.93. The van der Waals surface area contributed by atoms with Crippen LogP contribution in [-0.2, 0) is 19.1 Å². The minimum absolute atomic E-state index is 0.0595. The molecule has 3 amide bonds. The number of hydrogen-bond donors (Lipinski definition) is 1. The molecule has 0 spiro atoms. The Morgan fingerprint density at radius 1 is 1.02 bits per heavy atom. The van der Waals surface area contributed by atoms with Crippen LogP contribution < -0.4 is 20.4 Å². The summed E-state index contributed by atoms with van der Waals surface area (Å²) in [5, 5.41) is 0. The standard InChI is InChI=1S/C28H26FN5O5.CH5N/c29-17-1-3-19-20-15-32(18-2-4-21-24(14-18)39-28(30-21)31-9-11-38-12-10-31)8-7-22(20)34(23(19)13-17)27(37)16-33-25(35)5-6-26(33)36;1-2/h1-6,13-14,20,22H,7-12,15-16H2;2H2,1H3. The average molecular weight is 563 g/mol.